The van der Waals surface area contributed by atoms with E-state index in [-0.39, 0.29) is 29.7 Å². The Morgan fingerprint density at radius 3 is 2.67 bits per heavy atom. The number of halogens is 2. The summed E-state index contributed by atoms with van der Waals surface area (Å²) >= 11 is 0. The Labute approximate surface area is 188 Å². The lowest BCUT2D eigenvalue weighted by molar-refractivity contribution is -0.114. The van der Waals surface area contributed by atoms with Gasteiger partial charge in [-0.25, -0.2) is 9.97 Å². The van der Waals surface area contributed by atoms with E-state index in [9.17, 15) is 18.4 Å². The van der Waals surface area contributed by atoms with Crippen molar-refractivity contribution in [2.75, 3.05) is 11.9 Å². The van der Waals surface area contributed by atoms with Crippen molar-refractivity contribution in [2.45, 2.75) is 26.3 Å². The van der Waals surface area contributed by atoms with Gasteiger partial charge in [-0.2, -0.15) is 8.78 Å². The molecule has 2 amide bonds. The van der Waals surface area contributed by atoms with E-state index in [4.69, 9.17) is 9.15 Å². The molecule has 33 heavy (non-hydrogen) atoms. The second kappa shape index (κ2) is 10.0. The predicted octanol–water partition coefficient (Wildman–Crippen LogP) is 4.22. The molecule has 0 bridgehead atoms. The van der Waals surface area contributed by atoms with E-state index < -0.39 is 18.4 Å². The number of nitrogens with one attached hydrogen (secondary N) is 2. The number of carbonyl (C=O) groups excluding carboxylic acids is 2. The van der Waals surface area contributed by atoms with Gasteiger partial charge in [-0.15, -0.1) is 0 Å². The topological polar surface area (TPSA) is 106 Å². The molecule has 0 radical (unpaired) electrons. The van der Waals surface area contributed by atoms with Crippen LogP contribution in [0.15, 0.2) is 65.6 Å². The summed E-state index contributed by atoms with van der Waals surface area (Å²) in [6.45, 7) is 5.01. The molecule has 0 atom stereocenters. The molecule has 8 nitrogen and oxygen atoms in total. The van der Waals surface area contributed by atoms with E-state index in [0.717, 1.165) is 0 Å². The van der Waals surface area contributed by atoms with Crippen molar-refractivity contribution in [3.05, 3.63) is 72.3 Å². The van der Waals surface area contributed by atoms with Crippen LogP contribution in [0.3, 0.4) is 0 Å². The largest absolute Gasteiger partial charge is 0.470 e. The molecule has 3 heterocycles. The van der Waals surface area contributed by atoms with Crippen molar-refractivity contribution in [3.63, 3.8) is 0 Å². The fourth-order valence-corrected chi connectivity index (χ4v) is 2.70. The Hall–Kier alpha value is -4.08. The number of rotatable bonds is 9. The number of hydrogen-bond donors (Lipinski definition) is 2. The summed E-state index contributed by atoms with van der Waals surface area (Å²) in [6, 6.07) is 7.87. The van der Waals surface area contributed by atoms with Crippen molar-refractivity contribution in [3.8, 4) is 17.2 Å². The van der Waals surface area contributed by atoms with Gasteiger partial charge in [-0.3, -0.25) is 9.59 Å². The SMILES string of the molecule is C=C(C)C(F)(F)COc1ncc(CNC(=O)c2ccnc(NC(C)=O)c2)cc1-c1ccco1. The van der Waals surface area contributed by atoms with Gasteiger partial charge in [0.1, 0.15) is 11.6 Å². The molecule has 2 N–H and O–H groups in total. The fourth-order valence-electron chi connectivity index (χ4n) is 2.70. The van der Waals surface area contributed by atoms with Crippen molar-refractivity contribution in [1.29, 1.82) is 0 Å². The molecule has 0 aromatic carbocycles. The minimum Gasteiger partial charge on any atom is -0.470 e. The number of nitrogens with zero attached hydrogens (tertiary/aromatic N) is 2. The maximum Gasteiger partial charge on any atom is 0.302 e. The average molecular weight is 456 g/mol. The van der Waals surface area contributed by atoms with Gasteiger partial charge in [0.05, 0.1) is 11.8 Å². The highest BCUT2D eigenvalue weighted by atomic mass is 19.3. The van der Waals surface area contributed by atoms with E-state index >= 15 is 0 Å². The highest BCUT2D eigenvalue weighted by molar-refractivity contribution is 5.96. The van der Waals surface area contributed by atoms with Crippen LogP contribution in [0.5, 0.6) is 5.88 Å². The molecule has 0 aliphatic heterocycles. The molecular formula is C23H22F2N4O4. The first kappa shape index (κ1) is 23.6. The lowest BCUT2D eigenvalue weighted by atomic mass is 10.1. The predicted molar refractivity (Wildman–Crippen MR) is 117 cm³/mol. The third-order valence-electron chi connectivity index (χ3n) is 4.49. The molecule has 10 heteroatoms. The van der Waals surface area contributed by atoms with Crippen molar-refractivity contribution < 1.29 is 27.5 Å². The number of carbonyl (C=O) groups is 2. The number of pyridine rings is 2. The highest BCUT2D eigenvalue weighted by Crippen LogP contribution is 2.31. The summed E-state index contributed by atoms with van der Waals surface area (Å²) in [5.74, 6) is -3.32. The van der Waals surface area contributed by atoms with Gasteiger partial charge < -0.3 is 19.8 Å². The smallest absolute Gasteiger partial charge is 0.302 e. The first-order valence-electron chi connectivity index (χ1n) is 9.87. The summed E-state index contributed by atoms with van der Waals surface area (Å²) in [5, 5.41) is 5.25. The molecule has 3 rings (SSSR count). The minimum absolute atomic E-state index is 0.0324. The van der Waals surface area contributed by atoms with Crippen LogP contribution in [0.25, 0.3) is 11.3 Å². The molecule has 3 aromatic heterocycles. The first-order valence-corrected chi connectivity index (χ1v) is 9.87. The average Bonchev–Trinajstić information content (AvgIpc) is 3.30. The zero-order chi connectivity index (χ0) is 24.0. The lowest BCUT2D eigenvalue weighted by Crippen LogP contribution is -2.27. The Kier molecular flexibility index (Phi) is 7.17. The molecule has 0 saturated heterocycles. The third-order valence-corrected chi connectivity index (χ3v) is 4.49. The van der Waals surface area contributed by atoms with Crippen LogP contribution >= 0.6 is 0 Å². The molecule has 0 unspecified atom stereocenters. The van der Waals surface area contributed by atoms with Gasteiger partial charge in [0.2, 0.25) is 11.8 Å². The van der Waals surface area contributed by atoms with Crippen LogP contribution < -0.4 is 15.4 Å². The number of ether oxygens (including phenoxy) is 1. The number of aromatic nitrogens is 2. The van der Waals surface area contributed by atoms with Gasteiger partial charge in [-0.05, 0) is 48.4 Å². The lowest BCUT2D eigenvalue weighted by Gasteiger charge is -2.18. The molecule has 0 aliphatic rings. The molecule has 0 aliphatic carbocycles. The number of alkyl halides is 2. The molecule has 172 valence electrons. The molecule has 3 aromatic rings. The quantitative estimate of drug-likeness (QED) is 0.467. The van der Waals surface area contributed by atoms with Gasteiger partial charge in [0.15, 0.2) is 6.61 Å². The monoisotopic (exact) mass is 456 g/mol. The number of amides is 2. The van der Waals surface area contributed by atoms with E-state index in [1.807, 2.05) is 0 Å². The molecule has 0 spiro atoms. The summed E-state index contributed by atoms with van der Waals surface area (Å²) in [5.41, 5.74) is 0.931. The second-order valence-electron chi connectivity index (χ2n) is 7.24. The number of hydrogen-bond acceptors (Lipinski definition) is 6. The highest BCUT2D eigenvalue weighted by Gasteiger charge is 2.31. The maximum absolute atomic E-state index is 13.9. The van der Waals surface area contributed by atoms with Gasteiger partial charge in [-0.1, -0.05) is 6.58 Å². The van der Waals surface area contributed by atoms with Crippen molar-refractivity contribution in [1.82, 2.24) is 15.3 Å². The summed E-state index contributed by atoms with van der Waals surface area (Å²) < 4.78 is 38.5. The Balaban J connectivity index is 1.75. The molecule has 0 saturated carbocycles. The van der Waals surface area contributed by atoms with E-state index in [1.54, 1.807) is 18.2 Å². The summed E-state index contributed by atoms with van der Waals surface area (Å²) in [6.07, 6.45) is 4.26. The van der Waals surface area contributed by atoms with E-state index in [0.29, 0.717) is 22.5 Å². The zero-order valence-corrected chi connectivity index (χ0v) is 18.0. The Bertz CT molecular complexity index is 1160. The molecule has 0 fully saturated rings. The minimum atomic E-state index is -3.21. The first-order chi connectivity index (χ1) is 15.7. The number of furan rings is 1. The van der Waals surface area contributed by atoms with Crippen LogP contribution in [-0.4, -0.2) is 34.3 Å². The standard InChI is InChI=1S/C23H22F2N4O4/c1-14(2)23(24,25)13-33-22-18(19-5-4-8-32-19)9-16(12-28-22)11-27-21(31)17-6-7-26-20(10-17)29-15(3)30/h4-10,12H,1,11,13H2,2-3H3,(H,27,31)(H,26,29,30). The summed E-state index contributed by atoms with van der Waals surface area (Å²) in [4.78, 5) is 31.8. The van der Waals surface area contributed by atoms with Crippen molar-refractivity contribution in [2.24, 2.45) is 0 Å². The van der Waals surface area contributed by atoms with Crippen LogP contribution in [0, 0.1) is 0 Å². The molecular weight excluding hydrogens is 434 g/mol. The Morgan fingerprint density at radius 1 is 1.21 bits per heavy atom. The normalized spacial score (nSPS) is 11.0. The van der Waals surface area contributed by atoms with Crippen LogP contribution in [0.4, 0.5) is 14.6 Å². The summed E-state index contributed by atoms with van der Waals surface area (Å²) in [7, 11) is 0. The Morgan fingerprint density at radius 2 is 2.00 bits per heavy atom. The van der Waals surface area contributed by atoms with Crippen LogP contribution in [0.1, 0.15) is 29.8 Å². The second-order valence-corrected chi connectivity index (χ2v) is 7.24. The van der Waals surface area contributed by atoms with E-state index in [1.165, 1.54) is 44.6 Å². The fraction of sp³-hybridized carbons (Fsp3) is 0.217. The van der Waals surface area contributed by atoms with Crippen molar-refractivity contribution >= 4 is 17.6 Å². The number of anilines is 1. The van der Waals surface area contributed by atoms with Crippen LogP contribution in [0.2, 0.25) is 0 Å². The van der Waals surface area contributed by atoms with Gasteiger partial charge in [0.25, 0.3) is 5.91 Å². The third kappa shape index (κ3) is 6.22. The van der Waals surface area contributed by atoms with Gasteiger partial charge in [0, 0.05) is 31.4 Å². The van der Waals surface area contributed by atoms with Crippen LogP contribution in [-0.2, 0) is 11.3 Å². The zero-order valence-electron chi connectivity index (χ0n) is 18.0. The maximum atomic E-state index is 13.9. The van der Waals surface area contributed by atoms with Gasteiger partial charge >= 0.3 is 5.92 Å². The van der Waals surface area contributed by atoms with E-state index in [2.05, 4.69) is 27.2 Å².